The highest BCUT2D eigenvalue weighted by molar-refractivity contribution is 7.19. The number of hydrogen-bond acceptors (Lipinski definition) is 6. The second kappa shape index (κ2) is 10.2. The Labute approximate surface area is 192 Å². The van der Waals surface area contributed by atoms with Gasteiger partial charge in [-0.3, -0.25) is 0 Å². The standard InChI is InChI=1S/C23H30ClN3O3S/c1-15-19(30-18-6-4-3-5-7-18)13-25-22(26-15)21-17(12-20(24)31-21)14-29-23(28)27(2)11-10-16-8-9-16/h12-13,16,18H,3-11,14H2,1-2H3. The molecule has 2 aromatic rings. The first-order valence-corrected chi connectivity index (χ1v) is 12.4. The molecule has 31 heavy (non-hydrogen) atoms. The van der Waals surface area contributed by atoms with Crippen LogP contribution in [0.25, 0.3) is 10.7 Å². The van der Waals surface area contributed by atoms with E-state index in [0.29, 0.717) is 10.2 Å². The summed E-state index contributed by atoms with van der Waals surface area (Å²) in [7, 11) is 1.78. The molecule has 0 atom stereocenters. The van der Waals surface area contributed by atoms with E-state index in [1.54, 1.807) is 18.1 Å². The zero-order chi connectivity index (χ0) is 21.8. The van der Waals surface area contributed by atoms with Crippen molar-refractivity contribution < 1.29 is 14.3 Å². The molecule has 0 bridgehead atoms. The molecule has 0 aromatic carbocycles. The van der Waals surface area contributed by atoms with Crippen molar-refractivity contribution in [2.24, 2.45) is 5.92 Å². The molecule has 1 amide bonds. The molecule has 2 fully saturated rings. The summed E-state index contributed by atoms with van der Waals surface area (Å²) in [6.07, 6.45) is 11.2. The zero-order valence-corrected chi connectivity index (χ0v) is 19.8. The van der Waals surface area contributed by atoms with Crippen molar-refractivity contribution in [1.82, 2.24) is 14.9 Å². The zero-order valence-electron chi connectivity index (χ0n) is 18.2. The smallest absolute Gasteiger partial charge is 0.409 e. The van der Waals surface area contributed by atoms with Crippen molar-refractivity contribution in [3.05, 3.63) is 27.9 Å². The molecule has 168 valence electrons. The Morgan fingerprint density at radius 2 is 2.03 bits per heavy atom. The number of carbonyl (C=O) groups is 1. The van der Waals surface area contributed by atoms with E-state index in [4.69, 9.17) is 21.1 Å². The minimum absolute atomic E-state index is 0.147. The summed E-state index contributed by atoms with van der Waals surface area (Å²) in [5, 5.41) is 0. The third kappa shape index (κ3) is 6.10. The van der Waals surface area contributed by atoms with Crippen molar-refractivity contribution in [2.45, 2.75) is 71.0 Å². The van der Waals surface area contributed by atoms with Crippen LogP contribution >= 0.6 is 22.9 Å². The quantitative estimate of drug-likeness (QED) is 0.463. The first-order valence-electron chi connectivity index (χ1n) is 11.2. The molecule has 0 aliphatic heterocycles. The molecule has 4 rings (SSSR count). The van der Waals surface area contributed by atoms with Crippen LogP contribution in [-0.2, 0) is 11.3 Å². The van der Waals surface area contributed by atoms with Crippen LogP contribution in [0, 0.1) is 12.8 Å². The summed E-state index contributed by atoms with van der Waals surface area (Å²) in [6, 6.07) is 1.82. The average molecular weight is 464 g/mol. The number of hydrogen-bond donors (Lipinski definition) is 0. The van der Waals surface area contributed by atoms with E-state index in [1.165, 1.54) is 43.4 Å². The van der Waals surface area contributed by atoms with Crippen molar-refractivity contribution in [3.63, 3.8) is 0 Å². The summed E-state index contributed by atoms with van der Waals surface area (Å²) < 4.78 is 12.3. The van der Waals surface area contributed by atoms with Crippen LogP contribution in [0.15, 0.2) is 12.3 Å². The molecule has 8 heteroatoms. The summed E-state index contributed by atoms with van der Waals surface area (Å²) in [4.78, 5) is 24.0. The van der Waals surface area contributed by atoms with Crippen molar-refractivity contribution >= 4 is 29.0 Å². The maximum Gasteiger partial charge on any atom is 0.409 e. The van der Waals surface area contributed by atoms with Gasteiger partial charge >= 0.3 is 6.09 Å². The average Bonchev–Trinajstić information content (AvgIpc) is 3.53. The van der Waals surface area contributed by atoms with Gasteiger partial charge in [-0.25, -0.2) is 14.8 Å². The predicted octanol–water partition coefficient (Wildman–Crippen LogP) is 6.25. The molecule has 0 unspecified atom stereocenters. The lowest BCUT2D eigenvalue weighted by Gasteiger charge is -2.23. The van der Waals surface area contributed by atoms with E-state index < -0.39 is 0 Å². The minimum atomic E-state index is -0.317. The molecular formula is C23H30ClN3O3S. The Kier molecular flexibility index (Phi) is 7.33. The predicted molar refractivity (Wildman–Crippen MR) is 123 cm³/mol. The highest BCUT2D eigenvalue weighted by Gasteiger charge is 2.23. The van der Waals surface area contributed by atoms with E-state index in [1.807, 2.05) is 13.0 Å². The van der Waals surface area contributed by atoms with Crippen LogP contribution in [0.3, 0.4) is 0 Å². The van der Waals surface area contributed by atoms with Crippen LogP contribution in [0.5, 0.6) is 5.75 Å². The molecular weight excluding hydrogens is 434 g/mol. The topological polar surface area (TPSA) is 64.5 Å². The number of nitrogens with zero attached hydrogens (tertiary/aromatic N) is 3. The van der Waals surface area contributed by atoms with E-state index in [2.05, 4.69) is 9.97 Å². The molecule has 0 spiro atoms. The van der Waals surface area contributed by atoms with Gasteiger partial charge in [-0.15, -0.1) is 11.3 Å². The van der Waals surface area contributed by atoms with Crippen molar-refractivity contribution in [3.8, 4) is 16.5 Å². The number of halogens is 1. The van der Waals surface area contributed by atoms with Gasteiger partial charge in [0.25, 0.3) is 0 Å². The number of rotatable bonds is 8. The Hall–Kier alpha value is -1.86. The van der Waals surface area contributed by atoms with Gasteiger partial charge in [0.1, 0.15) is 6.61 Å². The third-order valence-electron chi connectivity index (χ3n) is 5.99. The Bertz CT molecular complexity index is 909. The number of aromatic nitrogens is 2. The molecule has 2 heterocycles. The van der Waals surface area contributed by atoms with Gasteiger partial charge in [0, 0.05) is 19.2 Å². The van der Waals surface area contributed by atoms with E-state index in [9.17, 15) is 4.79 Å². The molecule has 0 N–H and O–H groups in total. The first kappa shape index (κ1) is 22.3. The summed E-state index contributed by atoms with van der Waals surface area (Å²) in [5.74, 6) is 2.10. The lowest BCUT2D eigenvalue weighted by Crippen LogP contribution is -2.28. The number of amides is 1. The van der Waals surface area contributed by atoms with Crippen LogP contribution in [0.4, 0.5) is 4.79 Å². The number of ether oxygens (including phenoxy) is 2. The number of thiophene rings is 1. The normalized spacial score (nSPS) is 16.9. The van der Waals surface area contributed by atoms with Crippen LogP contribution in [0.1, 0.15) is 62.6 Å². The lowest BCUT2D eigenvalue weighted by atomic mass is 9.98. The fourth-order valence-electron chi connectivity index (χ4n) is 3.86. The van der Waals surface area contributed by atoms with E-state index in [-0.39, 0.29) is 18.8 Å². The summed E-state index contributed by atoms with van der Waals surface area (Å²) >= 11 is 7.67. The van der Waals surface area contributed by atoms with Crippen molar-refractivity contribution in [2.75, 3.05) is 13.6 Å². The highest BCUT2D eigenvalue weighted by atomic mass is 35.5. The summed E-state index contributed by atoms with van der Waals surface area (Å²) in [6.45, 7) is 2.81. The fraction of sp³-hybridized carbons (Fsp3) is 0.609. The third-order valence-corrected chi connectivity index (χ3v) is 7.30. The molecule has 0 saturated heterocycles. The van der Waals surface area contributed by atoms with Crippen LogP contribution < -0.4 is 4.74 Å². The van der Waals surface area contributed by atoms with Gasteiger partial charge in [-0.1, -0.05) is 30.9 Å². The molecule has 2 saturated carbocycles. The van der Waals surface area contributed by atoms with Gasteiger partial charge in [0.15, 0.2) is 11.6 Å². The SMILES string of the molecule is Cc1nc(-c2sc(Cl)cc2COC(=O)N(C)CCC2CC2)ncc1OC1CCCCC1. The van der Waals surface area contributed by atoms with Crippen LogP contribution in [0.2, 0.25) is 4.34 Å². The fourth-order valence-corrected chi connectivity index (χ4v) is 5.06. The maximum atomic E-state index is 12.3. The van der Waals surface area contributed by atoms with Crippen molar-refractivity contribution in [1.29, 1.82) is 0 Å². The molecule has 0 radical (unpaired) electrons. The monoisotopic (exact) mass is 463 g/mol. The maximum absolute atomic E-state index is 12.3. The number of carbonyl (C=O) groups excluding carboxylic acids is 1. The number of aryl methyl sites for hydroxylation is 1. The van der Waals surface area contributed by atoms with Gasteiger partial charge in [0.2, 0.25) is 0 Å². The summed E-state index contributed by atoms with van der Waals surface area (Å²) in [5.41, 5.74) is 1.63. The molecule has 2 aromatic heterocycles. The Morgan fingerprint density at radius 3 is 2.74 bits per heavy atom. The van der Waals surface area contributed by atoms with Gasteiger partial charge in [-0.05, 0) is 51.0 Å². The Morgan fingerprint density at radius 1 is 1.26 bits per heavy atom. The Balaban J connectivity index is 1.40. The van der Waals surface area contributed by atoms with Gasteiger partial charge < -0.3 is 14.4 Å². The minimum Gasteiger partial charge on any atom is -0.487 e. The molecule has 2 aliphatic rings. The van der Waals surface area contributed by atoms with E-state index >= 15 is 0 Å². The first-order chi connectivity index (χ1) is 15.0. The van der Waals surface area contributed by atoms with Gasteiger partial charge in [-0.2, -0.15) is 0 Å². The lowest BCUT2D eigenvalue weighted by molar-refractivity contribution is 0.104. The second-order valence-electron chi connectivity index (χ2n) is 8.63. The molecule has 6 nitrogen and oxygen atoms in total. The van der Waals surface area contributed by atoms with E-state index in [0.717, 1.165) is 53.6 Å². The highest BCUT2D eigenvalue weighted by Crippen LogP contribution is 2.36. The van der Waals surface area contributed by atoms with Crippen LogP contribution in [-0.4, -0.2) is 40.7 Å². The second-order valence-corrected chi connectivity index (χ2v) is 10.3. The van der Waals surface area contributed by atoms with Gasteiger partial charge in [0.05, 0.1) is 27.2 Å². The largest absolute Gasteiger partial charge is 0.487 e. The molecule has 2 aliphatic carbocycles.